The first-order valence-electron chi connectivity index (χ1n) is 4.76. The van der Waals surface area contributed by atoms with Crippen molar-refractivity contribution in [3.8, 4) is 0 Å². The molecule has 0 radical (unpaired) electrons. The second-order valence-corrected chi connectivity index (χ2v) is 3.54. The highest BCUT2D eigenvalue weighted by molar-refractivity contribution is 5.97. The van der Waals surface area contributed by atoms with Crippen molar-refractivity contribution in [3.05, 3.63) is 11.3 Å². The molecule has 0 bridgehead atoms. The first-order valence-corrected chi connectivity index (χ1v) is 4.76. The fourth-order valence-corrected chi connectivity index (χ4v) is 1.84. The van der Waals surface area contributed by atoms with Gasteiger partial charge in [0.25, 0.3) is 0 Å². The van der Waals surface area contributed by atoms with E-state index in [1.807, 2.05) is 0 Å². The van der Waals surface area contributed by atoms with E-state index in [0.717, 1.165) is 24.2 Å². The molecule has 0 aromatic rings. The van der Waals surface area contributed by atoms with Crippen LogP contribution in [0, 0.1) is 0 Å². The van der Waals surface area contributed by atoms with Crippen LogP contribution in [0.4, 0.5) is 0 Å². The lowest BCUT2D eigenvalue weighted by Gasteiger charge is -2.12. The molecule has 0 aromatic carbocycles. The third-order valence-corrected chi connectivity index (χ3v) is 2.42. The van der Waals surface area contributed by atoms with E-state index in [4.69, 9.17) is 9.47 Å². The largest absolute Gasteiger partial charge is 0.458 e. The number of ketones is 1. The summed E-state index contributed by atoms with van der Waals surface area (Å²) in [7, 11) is 0. The maximum Gasteiger partial charge on any atom is 0.305 e. The molecule has 14 heavy (non-hydrogen) atoms. The van der Waals surface area contributed by atoms with Crippen LogP contribution in [-0.2, 0) is 19.1 Å². The molecule has 1 unspecified atom stereocenters. The number of hydrogen-bond donors (Lipinski definition) is 0. The van der Waals surface area contributed by atoms with Crippen LogP contribution in [0.25, 0.3) is 0 Å². The number of hydrogen-bond acceptors (Lipinski definition) is 4. The Morgan fingerprint density at radius 3 is 2.93 bits per heavy atom. The van der Waals surface area contributed by atoms with Gasteiger partial charge < -0.3 is 9.47 Å². The third kappa shape index (κ3) is 1.64. The van der Waals surface area contributed by atoms with Gasteiger partial charge >= 0.3 is 5.97 Å². The Hall–Kier alpha value is -1.32. The fraction of sp³-hybridized carbons (Fsp3) is 0.600. The molecule has 1 aliphatic carbocycles. The van der Waals surface area contributed by atoms with Crippen LogP contribution in [0.2, 0.25) is 0 Å². The number of Topliss-reactive ketones (excluding diaryl/α,β-unsaturated/α-hetero) is 1. The molecule has 4 heteroatoms. The summed E-state index contributed by atoms with van der Waals surface area (Å²) < 4.78 is 10.3. The van der Waals surface area contributed by atoms with Crippen LogP contribution in [0.3, 0.4) is 0 Å². The number of rotatable bonds is 1. The Labute approximate surface area is 81.9 Å². The molecule has 2 rings (SSSR count). The SMILES string of the molecule is CC(=O)OC1CC2=C(CCCC2=O)O1. The molecule has 0 aromatic heterocycles. The summed E-state index contributed by atoms with van der Waals surface area (Å²) in [5.41, 5.74) is 0.725. The van der Waals surface area contributed by atoms with Gasteiger partial charge in [-0.3, -0.25) is 9.59 Å². The average molecular weight is 196 g/mol. The Morgan fingerprint density at radius 1 is 1.50 bits per heavy atom. The Balaban J connectivity index is 2.04. The van der Waals surface area contributed by atoms with Gasteiger partial charge in [-0.1, -0.05) is 0 Å². The van der Waals surface area contributed by atoms with E-state index in [2.05, 4.69) is 0 Å². The summed E-state index contributed by atoms with van der Waals surface area (Å²) in [6.45, 7) is 1.34. The van der Waals surface area contributed by atoms with Crippen molar-refractivity contribution in [1.82, 2.24) is 0 Å². The molecule has 0 saturated carbocycles. The summed E-state index contributed by atoms with van der Waals surface area (Å²) in [6.07, 6.45) is 2.08. The number of allylic oxidation sites excluding steroid dienone is 1. The van der Waals surface area contributed by atoms with Gasteiger partial charge in [-0.2, -0.15) is 0 Å². The quantitative estimate of drug-likeness (QED) is 0.593. The molecule has 0 amide bonds. The van der Waals surface area contributed by atoms with Crippen LogP contribution in [0.1, 0.15) is 32.6 Å². The van der Waals surface area contributed by atoms with Gasteiger partial charge in [0.05, 0.1) is 6.42 Å². The number of carbonyl (C=O) groups is 2. The highest BCUT2D eigenvalue weighted by Crippen LogP contribution is 2.34. The van der Waals surface area contributed by atoms with Crippen LogP contribution in [0.5, 0.6) is 0 Å². The summed E-state index contributed by atoms with van der Waals surface area (Å²) in [5.74, 6) is 0.496. The van der Waals surface area contributed by atoms with Crippen molar-refractivity contribution < 1.29 is 19.1 Å². The van der Waals surface area contributed by atoms with Gasteiger partial charge in [-0.25, -0.2) is 0 Å². The summed E-state index contributed by atoms with van der Waals surface area (Å²) in [5, 5.41) is 0. The zero-order valence-corrected chi connectivity index (χ0v) is 8.04. The second-order valence-electron chi connectivity index (χ2n) is 3.54. The van der Waals surface area contributed by atoms with Gasteiger partial charge in [-0.05, 0) is 6.42 Å². The van der Waals surface area contributed by atoms with Crippen molar-refractivity contribution in [1.29, 1.82) is 0 Å². The first-order chi connectivity index (χ1) is 6.66. The first kappa shape index (κ1) is 9.24. The Morgan fingerprint density at radius 2 is 2.29 bits per heavy atom. The summed E-state index contributed by atoms with van der Waals surface area (Å²) in [6, 6.07) is 0. The minimum atomic E-state index is -0.570. The van der Waals surface area contributed by atoms with Crippen molar-refractivity contribution in [2.45, 2.75) is 38.9 Å². The predicted octanol–water partition coefficient (Wildman–Crippen LogP) is 1.30. The van der Waals surface area contributed by atoms with E-state index in [9.17, 15) is 9.59 Å². The van der Waals surface area contributed by atoms with Gasteiger partial charge in [0, 0.05) is 25.3 Å². The normalized spacial score (nSPS) is 25.8. The van der Waals surface area contributed by atoms with Gasteiger partial charge in [0.15, 0.2) is 5.78 Å². The van der Waals surface area contributed by atoms with Gasteiger partial charge in [-0.15, -0.1) is 0 Å². The molecule has 0 spiro atoms. The van der Waals surface area contributed by atoms with E-state index in [0.29, 0.717) is 12.8 Å². The van der Waals surface area contributed by atoms with E-state index < -0.39 is 6.29 Å². The van der Waals surface area contributed by atoms with Crippen LogP contribution in [-0.4, -0.2) is 18.0 Å². The highest BCUT2D eigenvalue weighted by Gasteiger charge is 2.33. The number of ether oxygens (including phenoxy) is 2. The minimum absolute atomic E-state index is 0.140. The fourth-order valence-electron chi connectivity index (χ4n) is 1.84. The van der Waals surface area contributed by atoms with Crippen molar-refractivity contribution >= 4 is 11.8 Å². The minimum Gasteiger partial charge on any atom is -0.458 e. The monoisotopic (exact) mass is 196 g/mol. The maximum atomic E-state index is 11.4. The van der Waals surface area contributed by atoms with Gasteiger partial charge in [0.1, 0.15) is 5.76 Å². The Bertz CT molecular complexity index is 316. The topological polar surface area (TPSA) is 52.6 Å². The molecule has 1 heterocycles. The lowest BCUT2D eigenvalue weighted by molar-refractivity contribution is -0.165. The van der Waals surface area contributed by atoms with E-state index in [-0.39, 0.29) is 11.8 Å². The van der Waals surface area contributed by atoms with Crippen LogP contribution < -0.4 is 0 Å². The third-order valence-electron chi connectivity index (χ3n) is 2.42. The molecule has 2 aliphatic rings. The molecule has 1 aliphatic heterocycles. The molecule has 76 valence electrons. The van der Waals surface area contributed by atoms with E-state index in [1.54, 1.807) is 0 Å². The molecule has 0 N–H and O–H groups in total. The predicted molar refractivity (Wildman–Crippen MR) is 47.1 cm³/mol. The molecular formula is C10H12O4. The number of esters is 1. The lowest BCUT2D eigenvalue weighted by atomic mass is 9.96. The molecule has 0 saturated heterocycles. The zero-order chi connectivity index (χ0) is 10.1. The van der Waals surface area contributed by atoms with E-state index >= 15 is 0 Å². The lowest BCUT2D eigenvalue weighted by Crippen LogP contribution is -2.15. The Kier molecular flexibility index (Phi) is 2.27. The highest BCUT2D eigenvalue weighted by atomic mass is 16.7. The zero-order valence-electron chi connectivity index (χ0n) is 8.04. The van der Waals surface area contributed by atoms with E-state index in [1.165, 1.54) is 6.92 Å². The summed E-state index contributed by atoms with van der Waals surface area (Å²) in [4.78, 5) is 22.1. The average Bonchev–Trinajstić information content (AvgIpc) is 2.47. The van der Waals surface area contributed by atoms with Crippen LogP contribution in [0.15, 0.2) is 11.3 Å². The second kappa shape index (κ2) is 3.44. The van der Waals surface area contributed by atoms with Gasteiger partial charge in [0.2, 0.25) is 6.29 Å². The summed E-state index contributed by atoms with van der Waals surface area (Å²) >= 11 is 0. The smallest absolute Gasteiger partial charge is 0.305 e. The maximum absolute atomic E-state index is 11.4. The molecule has 1 atom stereocenters. The van der Waals surface area contributed by atoms with Crippen LogP contribution >= 0.6 is 0 Å². The van der Waals surface area contributed by atoms with Crippen molar-refractivity contribution in [3.63, 3.8) is 0 Å². The standard InChI is InChI=1S/C10H12O4/c1-6(11)13-10-5-7-8(12)3-2-4-9(7)14-10/h10H,2-5H2,1H3. The molecule has 0 fully saturated rings. The molecule has 4 nitrogen and oxygen atoms in total. The van der Waals surface area contributed by atoms with Crippen molar-refractivity contribution in [2.75, 3.05) is 0 Å². The number of carbonyl (C=O) groups excluding carboxylic acids is 2. The van der Waals surface area contributed by atoms with Crippen molar-refractivity contribution in [2.24, 2.45) is 0 Å². The molecular weight excluding hydrogens is 184 g/mol.